The molecule has 2 aliphatic rings. The number of carbonyl (C=O) groups is 1. The first-order valence-corrected chi connectivity index (χ1v) is 11.4. The molecule has 2 heterocycles. The van der Waals surface area contributed by atoms with Crippen molar-refractivity contribution in [3.05, 3.63) is 77.4 Å². The maximum Gasteiger partial charge on any atom is 0.223 e. The number of nitrogens with zero attached hydrogens (tertiary/aromatic N) is 3. The molecule has 0 atom stereocenters. The second-order valence-corrected chi connectivity index (χ2v) is 8.15. The molecule has 2 aromatic rings. The molecule has 0 saturated carbocycles. The summed E-state index contributed by atoms with van der Waals surface area (Å²) in [6.07, 6.45) is 4.65. The lowest BCUT2D eigenvalue weighted by Gasteiger charge is -2.30. The molecule has 170 valence electrons. The van der Waals surface area contributed by atoms with Crippen molar-refractivity contribution >= 4 is 41.4 Å². The summed E-state index contributed by atoms with van der Waals surface area (Å²) in [7, 11) is 0. The zero-order valence-electron chi connectivity index (χ0n) is 18.8. The number of carbonyl (C=O) groups excluding carboxylic acids is 1. The molecule has 6 heteroatoms. The molecule has 0 radical (unpaired) electrons. The van der Waals surface area contributed by atoms with Gasteiger partial charge in [0.25, 0.3) is 0 Å². The van der Waals surface area contributed by atoms with Gasteiger partial charge in [-0.3, -0.25) is 9.79 Å². The molecule has 1 N–H and O–H groups in total. The van der Waals surface area contributed by atoms with Crippen LogP contribution in [0.1, 0.15) is 42.9 Å². The van der Waals surface area contributed by atoms with Crippen LogP contribution in [0, 0.1) is 0 Å². The molecule has 5 nitrogen and oxygen atoms in total. The molecule has 0 unspecified atom stereocenters. The summed E-state index contributed by atoms with van der Waals surface area (Å²) in [4.78, 5) is 21.7. The van der Waals surface area contributed by atoms with Crippen LogP contribution in [0.3, 0.4) is 0 Å². The molecular formula is C26H33IN4O. The smallest absolute Gasteiger partial charge is 0.223 e. The molecule has 2 aliphatic heterocycles. The minimum atomic E-state index is 0. The van der Waals surface area contributed by atoms with Crippen LogP contribution in [0.25, 0.3) is 5.57 Å². The van der Waals surface area contributed by atoms with Gasteiger partial charge in [0, 0.05) is 45.7 Å². The van der Waals surface area contributed by atoms with E-state index in [1.165, 1.54) is 22.3 Å². The summed E-state index contributed by atoms with van der Waals surface area (Å²) >= 11 is 0. The van der Waals surface area contributed by atoms with Crippen LogP contribution in [-0.2, 0) is 17.9 Å². The average molecular weight is 544 g/mol. The molecule has 0 saturated heterocycles. The largest absolute Gasteiger partial charge is 0.357 e. The number of nitrogens with one attached hydrogen (secondary N) is 1. The average Bonchev–Trinajstić information content (AvgIpc) is 3.26. The molecule has 0 fully saturated rings. The molecular weight excluding hydrogens is 511 g/mol. The third-order valence-electron chi connectivity index (χ3n) is 5.99. The molecule has 32 heavy (non-hydrogen) atoms. The number of amides is 1. The maximum atomic E-state index is 12.6. The number of benzene rings is 2. The highest BCUT2D eigenvalue weighted by Crippen LogP contribution is 2.23. The highest BCUT2D eigenvalue weighted by molar-refractivity contribution is 14.0. The lowest BCUT2D eigenvalue weighted by molar-refractivity contribution is -0.131. The van der Waals surface area contributed by atoms with Crippen molar-refractivity contribution in [1.82, 2.24) is 15.1 Å². The first-order valence-electron chi connectivity index (χ1n) is 11.4. The Balaban J connectivity index is 0.00000289. The second-order valence-electron chi connectivity index (χ2n) is 8.15. The van der Waals surface area contributed by atoms with E-state index in [0.29, 0.717) is 13.0 Å². The minimum absolute atomic E-state index is 0. The Hall–Kier alpha value is -2.35. The quantitative estimate of drug-likeness (QED) is 0.249. The van der Waals surface area contributed by atoms with Crippen LogP contribution in [0.4, 0.5) is 0 Å². The fourth-order valence-electron chi connectivity index (χ4n) is 4.28. The van der Waals surface area contributed by atoms with E-state index in [9.17, 15) is 4.79 Å². The lowest BCUT2D eigenvalue weighted by atomic mass is 10.00. The molecule has 0 aliphatic carbocycles. The van der Waals surface area contributed by atoms with Gasteiger partial charge in [0.05, 0.1) is 0 Å². The van der Waals surface area contributed by atoms with Crippen LogP contribution in [0.2, 0.25) is 0 Å². The first-order chi connectivity index (χ1) is 15.2. The fourth-order valence-corrected chi connectivity index (χ4v) is 4.28. The van der Waals surface area contributed by atoms with Crippen LogP contribution in [-0.4, -0.2) is 47.8 Å². The van der Waals surface area contributed by atoms with Gasteiger partial charge in [-0.2, -0.15) is 0 Å². The standard InChI is InChI=1S/C26H32N4O.HI/c1-2-27-26(29-17-14-22(15-18-29)21-9-4-3-5-10-21)28-16-8-13-25(31)30-19-23-11-6-7-12-24(23)20-30;/h3-7,9-12,14H,2,8,13,15-20H2,1H3,(H,27,28);1H. The number of fused-ring (bicyclic) bond motifs is 1. The predicted octanol–water partition coefficient (Wildman–Crippen LogP) is 4.68. The van der Waals surface area contributed by atoms with Crippen molar-refractivity contribution in [3.63, 3.8) is 0 Å². The number of rotatable bonds is 6. The molecule has 0 spiro atoms. The van der Waals surface area contributed by atoms with E-state index in [1.807, 2.05) is 17.0 Å². The van der Waals surface area contributed by atoms with Crippen molar-refractivity contribution in [2.24, 2.45) is 4.99 Å². The Morgan fingerprint density at radius 3 is 2.31 bits per heavy atom. The third-order valence-corrected chi connectivity index (χ3v) is 5.99. The number of hydrogen-bond donors (Lipinski definition) is 1. The Kier molecular flexibility index (Phi) is 9.14. The van der Waals surface area contributed by atoms with Gasteiger partial charge in [-0.05, 0) is 42.0 Å². The van der Waals surface area contributed by atoms with Crippen LogP contribution >= 0.6 is 24.0 Å². The van der Waals surface area contributed by atoms with Crippen LogP contribution < -0.4 is 5.32 Å². The van der Waals surface area contributed by atoms with Crippen molar-refractivity contribution in [3.8, 4) is 0 Å². The highest BCUT2D eigenvalue weighted by atomic mass is 127. The molecule has 1 amide bonds. The lowest BCUT2D eigenvalue weighted by Crippen LogP contribution is -2.43. The summed E-state index contributed by atoms with van der Waals surface area (Å²) in [5.41, 5.74) is 5.27. The van der Waals surface area contributed by atoms with E-state index in [4.69, 9.17) is 4.99 Å². The van der Waals surface area contributed by atoms with Crippen LogP contribution in [0.15, 0.2) is 65.7 Å². The Bertz CT molecular complexity index is 932. The molecule has 4 rings (SSSR count). The topological polar surface area (TPSA) is 47.9 Å². The van der Waals surface area contributed by atoms with E-state index in [0.717, 1.165) is 51.5 Å². The summed E-state index contributed by atoms with van der Waals surface area (Å²) in [5.74, 6) is 1.18. The second kappa shape index (κ2) is 12.0. The number of hydrogen-bond acceptors (Lipinski definition) is 2. The summed E-state index contributed by atoms with van der Waals surface area (Å²) < 4.78 is 0. The third kappa shape index (κ3) is 6.12. The van der Waals surface area contributed by atoms with E-state index in [1.54, 1.807) is 0 Å². The van der Waals surface area contributed by atoms with Crippen LogP contribution in [0.5, 0.6) is 0 Å². The predicted molar refractivity (Wildman–Crippen MR) is 142 cm³/mol. The SMILES string of the molecule is CCNC(=NCCCC(=O)N1Cc2ccccc2C1)N1CC=C(c2ccccc2)CC1.I. The van der Waals surface area contributed by atoms with Gasteiger partial charge < -0.3 is 15.1 Å². The van der Waals surface area contributed by atoms with Gasteiger partial charge >= 0.3 is 0 Å². The normalized spacial score (nSPS) is 15.7. The van der Waals surface area contributed by atoms with E-state index in [2.05, 4.69) is 65.7 Å². The van der Waals surface area contributed by atoms with E-state index >= 15 is 0 Å². The zero-order valence-corrected chi connectivity index (χ0v) is 21.1. The monoisotopic (exact) mass is 544 g/mol. The molecule has 0 bridgehead atoms. The van der Waals surface area contributed by atoms with Crippen molar-refractivity contribution < 1.29 is 4.79 Å². The molecule has 2 aromatic carbocycles. The number of aliphatic imine (C=N–C) groups is 1. The van der Waals surface area contributed by atoms with Gasteiger partial charge in [-0.15, -0.1) is 24.0 Å². The fraction of sp³-hybridized carbons (Fsp3) is 0.385. The number of halogens is 1. The van der Waals surface area contributed by atoms with Gasteiger partial charge in [-0.25, -0.2) is 0 Å². The molecule has 0 aromatic heterocycles. The maximum absolute atomic E-state index is 12.6. The Morgan fingerprint density at radius 1 is 1.00 bits per heavy atom. The number of guanidine groups is 1. The van der Waals surface area contributed by atoms with Gasteiger partial charge in [0.15, 0.2) is 5.96 Å². The van der Waals surface area contributed by atoms with Gasteiger partial charge in [0.2, 0.25) is 5.91 Å². The Labute approximate surface area is 208 Å². The zero-order chi connectivity index (χ0) is 21.5. The minimum Gasteiger partial charge on any atom is -0.357 e. The van der Waals surface area contributed by atoms with Gasteiger partial charge in [0.1, 0.15) is 0 Å². The Morgan fingerprint density at radius 2 is 1.69 bits per heavy atom. The summed E-state index contributed by atoms with van der Waals surface area (Å²) in [5, 5.41) is 3.41. The first kappa shape index (κ1) is 24.3. The van der Waals surface area contributed by atoms with E-state index in [-0.39, 0.29) is 29.9 Å². The summed E-state index contributed by atoms with van der Waals surface area (Å²) in [6, 6.07) is 18.9. The highest BCUT2D eigenvalue weighted by Gasteiger charge is 2.22. The summed E-state index contributed by atoms with van der Waals surface area (Å²) in [6.45, 7) is 6.91. The van der Waals surface area contributed by atoms with Gasteiger partial charge in [-0.1, -0.05) is 60.7 Å². The van der Waals surface area contributed by atoms with E-state index < -0.39 is 0 Å². The van der Waals surface area contributed by atoms with Crippen molar-refractivity contribution in [2.45, 2.75) is 39.3 Å². The van der Waals surface area contributed by atoms with Crippen molar-refractivity contribution in [2.75, 3.05) is 26.2 Å². The van der Waals surface area contributed by atoms with Crippen molar-refractivity contribution in [1.29, 1.82) is 0 Å².